The second-order valence-electron chi connectivity index (χ2n) is 7.89. The number of para-hydroxylation sites is 1. The van der Waals surface area contributed by atoms with E-state index >= 15 is 0 Å². The molecule has 3 amide bonds. The third-order valence-electron chi connectivity index (χ3n) is 6.30. The van der Waals surface area contributed by atoms with Gasteiger partial charge in [0.25, 0.3) is 5.91 Å². The Balaban J connectivity index is 1.72. The minimum Gasteiger partial charge on any atom is -0.356 e. The molecule has 6 heteroatoms. The first-order chi connectivity index (χ1) is 14.0. The van der Waals surface area contributed by atoms with E-state index in [0.717, 1.165) is 38.6 Å². The van der Waals surface area contributed by atoms with Crippen LogP contribution in [0.2, 0.25) is 0 Å². The Hall–Kier alpha value is -2.60. The van der Waals surface area contributed by atoms with Crippen LogP contribution in [-0.2, 0) is 11.2 Å². The summed E-state index contributed by atoms with van der Waals surface area (Å²) in [5.41, 5.74) is 4.19. The van der Waals surface area contributed by atoms with Gasteiger partial charge in [-0.15, -0.1) is 0 Å². The maximum absolute atomic E-state index is 13.4. The molecule has 2 aromatic carbocycles. The summed E-state index contributed by atoms with van der Waals surface area (Å²) in [5, 5.41) is 1.13. The van der Waals surface area contributed by atoms with Gasteiger partial charge in [0.15, 0.2) is 0 Å². The fourth-order valence-corrected chi connectivity index (χ4v) is 4.94. The maximum Gasteiger partial charge on any atom is 0.328 e. The van der Waals surface area contributed by atoms with E-state index in [4.69, 9.17) is 0 Å². The van der Waals surface area contributed by atoms with E-state index < -0.39 is 6.04 Å². The van der Waals surface area contributed by atoms with Crippen LogP contribution in [0, 0.1) is 0 Å². The molecule has 1 N–H and O–H groups in total. The fourth-order valence-electron chi connectivity index (χ4n) is 4.67. The number of nitrogens with zero attached hydrogens (tertiary/aromatic N) is 2. The standard InChI is InChI=1S/C23H22BrN3O2/c1-3-13(2)26-22(28)19-12-17-16-6-4-5-7-18(16)25-20(17)21(27(19)23(26)29)14-8-10-15(24)11-9-14/h4-11,13,19,21,25H,3,12H2,1-2H3/t13?,19-,21-/m0/s1. The average molecular weight is 452 g/mol. The minimum atomic E-state index is -0.461. The molecule has 148 valence electrons. The number of halogens is 1. The van der Waals surface area contributed by atoms with E-state index in [1.807, 2.05) is 56.3 Å². The quantitative estimate of drug-likeness (QED) is 0.569. The predicted octanol–water partition coefficient (Wildman–Crippen LogP) is 5.01. The van der Waals surface area contributed by atoms with Gasteiger partial charge in [-0.2, -0.15) is 0 Å². The van der Waals surface area contributed by atoms with Crippen LogP contribution in [0.3, 0.4) is 0 Å². The summed E-state index contributed by atoms with van der Waals surface area (Å²) in [6.45, 7) is 3.95. The summed E-state index contributed by atoms with van der Waals surface area (Å²) in [7, 11) is 0. The molecule has 1 unspecified atom stereocenters. The normalized spacial score (nSPS) is 22.2. The third-order valence-corrected chi connectivity index (χ3v) is 6.83. The van der Waals surface area contributed by atoms with Gasteiger partial charge in [0.1, 0.15) is 12.1 Å². The highest BCUT2D eigenvalue weighted by atomic mass is 79.9. The van der Waals surface area contributed by atoms with Crippen LogP contribution in [-0.4, -0.2) is 38.8 Å². The van der Waals surface area contributed by atoms with Gasteiger partial charge < -0.3 is 4.98 Å². The molecule has 2 aliphatic heterocycles. The van der Waals surface area contributed by atoms with Gasteiger partial charge in [-0.1, -0.05) is 53.2 Å². The van der Waals surface area contributed by atoms with Crippen molar-refractivity contribution in [3.05, 3.63) is 69.8 Å². The van der Waals surface area contributed by atoms with Gasteiger partial charge in [0, 0.05) is 33.5 Å². The van der Waals surface area contributed by atoms with Gasteiger partial charge >= 0.3 is 6.03 Å². The van der Waals surface area contributed by atoms with Crippen LogP contribution in [0.15, 0.2) is 53.0 Å². The Morgan fingerprint density at radius 2 is 1.86 bits per heavy atom. The summed E-state index contributed by atoms with van der Waals surface area (Å²) >= 11 is 3.49. The van der Waals surface area contributed by atoms with Gasteiger partial charge in [-0.3, -0.25) is 14.6 Å². The number of aromatic amines is 1. The summed E-state index contributed by atoms with van der Waals surface area (Å²) < 4.78 is 0.982. The monoisotopic (exact) mass is 451 g/mol. The summed E-state index contributed by atoms with van der Waals surface area (Å²) in [6, 6.07) is 15.1. The van der Waals surface area contributed by atoms with Crippen molar-refractivity contribution in [1.29, 1.82) is 0 Å². The molecular weight excluding hydrogens is 430 g/mol. The third kappa shape index (κ3) is 2.65. The van der Waals surface area contributed by atoms with Crippen LogP contribution in [0.5, 0.6) is 0 Å². The van der Waals surface area contributed by atoms with Crippen LogP contribution in [0.1, 0.15) is 43.1 Å². The van der Waals surface area contributed by atoms with Crippen molar-refractivity contribution in [3.8, 4) is 0 Å². The molecule has 2 aliphatic rings. The molecule has 0 spiro atoms. The van der Waals surface area contributed by atoms with Crippen LogP contribution in [0.25, 0.3) is 10.9 Å². The largest absolute Gasteiger partial charge is 0.356 e. The number of benzene rings is 2. The highest BCUT2D eigenvalue weighted by Gasteiger charge is 2.53. The van der Waals surface area contributed by atoms with Gasteiger partial charge in [-0.25, -0.2) is 4.79 Å². The zero-order valence-corrected chi connectivity index (χ0v) is 17.9. The molecule has 5 nitrogen and oxygen atoms in total. The molecular formula is C23H22BrN3O2. The van der Waals surface area contributed by atoms with Crippen molar-refractivity contribution in [2.24, 2.45) is 0 Å². The van der Waals surface area contributed by atoms with E-state index in [9.17, 15) is 9.59 Å². The van der Waals surface area contributed by atoms with Crippen molar-refractivity contribution < 1.29 is 9.59 Å². The Labute approximate surface area is 177 Å². The van der Waals surface area contributed by atoms with E-state index in [2.05, 4.69) is 27.0 Å². The Morgan fingerprint density at radius 1 is 1.14 bits per heavy atom. The minimum absolute atomic E-state index is 0.0811. The van der Waals surface area contributed by atoms with E-state index in [1.54, 1.807) is 4.90 Å². The van der Waals surface area contributed by atoms with Gasteiger partial charge in [0.2, 0.25) is 0 Å². The molecule has 5 rings (SSSR count). The van der Waals surface area contributed by atoms with Crippen molar-refractivity contribution in [2.45, 2.75) is 44.8 Å². The van der Waals surface area contributed by atoms with Crippen LogP contribution < -0.4 is 0 Å². The maximum atomic E-state index is 13.4. The molecule has 1 saturated heterocycles. The molecule has 3 aromatic rings. The second kappa shape index (κ2) is 6.73. The molecule has 0 saturated carbocycles. The Kier molecular flexibility index (Phi) is 4.28. The lowest BCUT2D eigenvalue weighted by atomic mass is 9.89. The fraction of sp³-hybridized carbons (Fsp3) is 0.304. The molecule has 29 heavy (non-hydrogen) atoms. The van der Waals surface area contributed by atoms with E-state index in [0.29, 0.717) is 6.42 Å². The van der Waals surface area contributed by atoms with Crippen molar-refractivity contribution in [1.82, 2.24) is 14.8 Å². The number of urea groups is 1. The number of amides is 3. The van der Waals surface area contributed by atoms with Crippen LogP contribution in [0.4, 0.5) is 4.79 Å². The number of carbonyl (C=O) groups excluding carboxylic acids is 2. The zero-order chi connectivity index (χ0) is 20.3. The molecule has 3 heterocycles. The molecule has 0 bridgehead atoms. The number of nitrogens with one attached hydrogen (secondary N) is 1. The highest BCUT2D eigenvalue weighted by Crippen LogP contribution is 2.44. The average Bonchev–Trinajstić information content (AvgIpc) is 3.22. The number of imide groups is 1. The zero-order valence-electron chi connectivity index (χ0n) is 16.4. The lowest BCUT2D eigenvalue weighted by Crippen LogP contribution is -2.44. The Morgan fingerprint density at radius 3 is 2.59 bits per heavy atom. The second-order valence-corrected chi connectivity index (χ2v) is 8.81. The molecule has 1 aromatic heterocycles. The lowest BCUT2D eigenvalue weighted by Gasteiger charge is -2.36. The van der Waals surface area contributed by atoms with Crippen molar-refractivity contribution in [3.63, 3.8) is 0 Å². The Bertz CT molecular complexity index is 1120. The van der Waals surface area contributed by atoms with Crippen molar-refractivity contribution >= 4 is 38.8 Å². The van der Waals surface area contributed by atoms with Crippen LogP contribution >= 0.6 is 15.9 Å². The SMILES string of the molecule is CCC(C)N1C(=O)[C@@H]2Cc3c([nH]c4ccccc34)[C@H](c3ccc(Br)cc3)N2C1=O. The number of hydrogen-bond acceptors (Lipinski definition) is 2. The first kappa shape index (κ1) is 18.4. The molecule has 1 fully saturated rings. The number of aromatic nitrogens is 1. The van der Waals surface area contributed by atoms with E-state index in [1.165, 1.54) is 4.90 Å². The van der Waals surface area contributed by atoms with E-state index in [-0.39, 0.29) is 24.0 Å². The number of carbonyl (C=O) groups is 2. The predicted molar refractivity (Wildman–Crippen MR) is 116 cm³/mol. The number of fused-ring (bicyclic) bond motifs is 4. The molecule has 0 radical (unpaired) electrons. The number of H-pyrrole nitrogens is 1. The molecule has 0 aliphatic carbocycles. The molecule has 3 atom stereocenters. The smallest absolute Gasteiger partial charge is 0.328 e. The number of hydrogen-bond donors (Lipinski definition) is 1. The van der Waals surface area contributed by atoms with Crippen molar-refractivity contribution in [2.75, 3.05) is 0 Å². The highest BCUT2D eigenvalue weighted by molar-refractivity contribution is 9.10. The number of rotatable bonds is 3. The lowest BCUT2D eigenvalue weighted by molar-refractivity contribution is -0.129. The topological polar surface area (TPSA) is 56.4 Å². The first-order valence-corrected chi connectivity index (χ1v) is 10.8. The van der Waals surface area contributed by atoms with Gasteiger partial charge in [0.05, 0.1) is 0 Å². The first-order valence-electron chi connectivity index (χ1n) is 10.0. The summed E-state index contributed by atoms with van der Waals surface area (Å²) in [6.07, 6.45) is 1.29. The summed E-state index contributed by atoms with van der Waals surface area (Å²) in [5.74, 6) is -0.0811. The van der Waals surface area contributed by atoms with Gasteiger partial charge in [-0.05, 0) is 42.7 Å². The summed E-state index contributed by atoms with van der Waals surface area (Å²) in [4.78, 5) is 33.5.